The fourth-order valence-electron chi connectivity index (χ4n) is 0.910. The number of carbonyl (C=O) groups is 1. The van der Waals surface area contributed by atoms with Crippen LogP contribution in [0.1, 0.15) is 12.8 Å². The molecule has 0 bridgehead atoms. The lowest BCUT2D eigenvalue weighted by molar-refractivity contribution is -0.117. The highest BCUT2D eigenvalue weighted by Gasteiger charge is 2.27. The van der Waals surface area contributed by atoms with Crippen LogP contribution in [0.4, 0.5) is 0 Å². The molecule has 0 atom stereocenters. The molecule has 0 N–H and O–H groups in total. The normalized spacial score (nSPS) is 36.1. The van der Waals surface area contributed by atoms with Crippen molar-refractivity contribution in [3.05, 3.63) is 0 Å². The summed E-state index contributed by atoms with van der Waals surface area (Å²) in [6.07, 6.45) is 3.24. The highest BCUT2D eigenvalue weighted by molar-refractivity contribution is 5.55. The first-order chi connectivity index (χ1) is 3.86. The van der Waals surface area contributed by atoms with Crippen LogP contribution in [0.15, 0.2) is 0 Å². The Labute approximate surface area is 48.8 Å². The van der Waals surface area contributed by atoms with Crippen LogP contribution in [0.2, 0.25) is 0 Å². The van der Waals surface area contributed by atoms with Gasteiger partial charge in [0.25, 0.3) is 0 Å². The van der Waals surface area contributed by atoms with Gasteiger partial charge in [-0.25, -0.2) is 0 Å². The van der Waals surface area contributed by atoms with Crippen LogP contribution < -0.4 is 0 Å². The van der Waals surface area contributed by atoms with E-state index in [4.69, 9.17) is 4.74 Å². The van der Waals surface area contributed by atoms with Gasteiger partial charge < -0.3 is 9.53 Å². The third-order valence-corrected chi connectivity index (χ3v) is 1.66. The monoisotopic (exact) mass is 114 g/mol. The van der Waals surface area contributed by atoms with Crippen molar-refractivity contribution in [3.63, 3.8) is 0 Å². The van der Waals surface area contributed by atoms with Crippen molar-refractivity contribution >= 4 is 6.29 Å². The predicted molar refractivity (Wildman–Crippen MR) is 29.6 cm³/mol. The summed E-state index contributed by atoms with van der Waals surface area (Å²) in [5.74, 6) is 0.292. The summed E-state index contributed by atoms with van der Waals surface area (Å²) < 4.78 is 4.96. The summed E-state index contributed by atoms with van der Waals surface area (Å²) in [5.41, 5.74) is 0. The second-order valence-electron chi connectivity index (χ2n) is 2.23. The van der Waals surface area contributed by atoms with E-state index < -0.39 is 0 Å². The van der Waals surface area contributed by atoms with Crippen molar-refractivity contribution in [2.75, 3.05) is 7.11 Å². The minimum absolute atomic E-state index is 0.292. The number of hydrogen-bond donors (Lipinski definition) is 0. The molecule has 0 aliphatic heterocycles. The molecule has 46 valence electrons. The minimum atomic E-state index is 0.292. The fourth-order valence-corrected chi connectivity index (χ4v) is 0.910. The molecule has 1 saturated carbocycles. The Morgan fingerprint density at radius 3 is 2.62 bits per heavy atom. The van der Waals surface area contributed by atoms with E-state index in [1.165, 1.54) is 0 Å². The van der Waals surface area contributed by atoms with Gasteiger partial charge in [0.15, 0.2) is 0 Å². The fraction of sp³-hybridized carbons (Fsp3) is 0.833. The lowest BCUT2D eigenvalue weighted by Crippen LogP contribution is -2.30. The van der Waals surface area contributed by atoms with Crippen LogP contribution in [-0.4, -0.2) is 19.5 Å². The summed E-state index contributed by atoms with van der Waals surface area (Å²) in [6, 6.07) is 0. The Balaban J connectivity index is 2.11. The SMILES string of the molecule is CO[C@H]1C[C@H](C=O)C1. The smallest absolute Gasteiger partial charge is 0.123 e. The molecule has 0 heterocycles. The average molecular weight is 114 g/mol. The molecule has 8 heavy (non-hydrogen) atoms. The van der Waals surface area contributed by atoms with E-state index in [1.54, 1.807) is 7.11 Å². The van der Waals surface area contributed by atoms with Crippen molar-refractivity contribution in [2.45, 2.75) is 18.9 Å². The number of rotatable bonds is 2. The van der Waals surface area contributed by atoms with Gasteiger partial charge in [-0.3, -0.25) is 0 Å². The molecule has 1 rings (SSSR count). The largest absolute Gasteiger partial charge is 0.381 e. The van der Waals surface area contributed by atoms with Crippen LogP contribution in [0.25, 0.3) is 0 Å². The molecule has 0 aromatic carbocycles. The van der Waals surface area contributed by atoms with E-state index in [0.717, 1.165) is 19.1 Å². The standard InChI is InChI=1S/C6H10O2/c1-8-6-2-5(3-6)4-7/h4-6H,2-3H2,1H3/t5-,6-. The minimum Gasteiger partial charge on any atom is -0.381 e. The molecule has 1 aliphatic rings. The van der Waals surface area contributed by atoms with E-state index in [0.29, 0.717) is 12.0 Å². The number of ether oxygens (including phenoxy) is 1. The van der Waals surface area contributed by atoms with E-state index in [1.807, 2.05) is 0 Å². The zero-order chi connectivity index (χ0) is 5.98. The first-order valence-corrected chi connectivity index (χ1v) is 2.85. The van der Waals surface area contributed by atoms with Gasteiger partial charge >= 0.3 is 0 Å². The highest BCUT2D eigenvalue weighted by Crippen LogP contribution is 2.26. The highest BCUT2D eigenvalue weighted by atomic mass is 16.5. The molecular formula is C6H10O2. The zero-order valence-corrected chi connectivity index (χ0v) is 4.96. The summed E-state index contributed by atoms with van der Waals surface area (Å²) in [7, 11) is 1.69. The van der Waals surface area contributed by atoms with E-state index >= 15 is 0 Å². The molecule has 0 saturated heterocycles. The van der Waals surface area contributed by atoms with Gasteiger partial charge in [-0.05, 0) is 12.8 Å². The zero-order valence-electron chi connectivity index (χ0n) is 4.96. The Morgan fingerprint density at radius 1 is 1.62 bits per heavy atom. The van der Waals surface area contributed by atoms with Gasteiger partial charge in [-0.15, -0.1) is 0 Å². The molecule has 0 spiro atoms. The predicted octanol–water partition coefficient (Wildman–Crippen LogP) is 0.610. The van der Waals surface area contributed by atoms with Gasteiger partial charge in [0.2, 0.25) is 0 Å². The van der Waals surface area contributed by atoms with Crippen molar-refractivity contribution in [1.29, 1.82) is 0 Å². The molecule has 0 radical (unpaired) electrons. The Morgan fingerprint density at radius 2 is 2.25 bits per heavy atom. The molecule has 1 aliphatic carbocycles. The number of carbonyl (C=O) groups excluding carboxylic acids is 1. The maximum absolute atomic E-state index is 9.99. The van der Waals surface area contributed by atoms with Gasteiger partial charge in [0, 0.05) is 13.0 Å². The molecule has 0 unspecified atom stereocenters. The second-order valence-corrected chi connectivity index (χ2v) is 2.23. The van der Waals surface area contributed by atoms with Gasteiger partial charge in [-0.1, -0.05) is 0 Å². The van der Waals surface area contributed by atoms with Crippen LogP contribution >= 0.6 is 0 Å². The first kappa shape index (κ1) is 5.76. The lowest BCUT2D eigenvalue weighted by atomic mass is 9.84. The van der Waals surface area contributed by atoms with Crippen molar-refractivity contribution < 1.29 is 9.53 Å². The summed E-state index contributed by atoms with van der Waals surface area (Å²) in [6.45, 7) is 0. The molecule has 2 heteroatoms. The number of aldehydes is 1. The van der Waals surface area contributed by atoms with E-state index in [-0.39, 0.29) is 0 Å². The molecule has 0 amide bonds. The summed E-state index contributed by atoms with van der Waals surface area (Å²) in [5, 5.41) is 0. The van der Waals surface area contributed by atoms with Crippen molar-refractivity contribution in [3.8, 4) is 0 Å². The van der Waals surface area contributed by atoms with Crippen molar-refractivity contribution in [1.82, 2.24) is 0 Å². The first-order valence-electron chi connectivity index (χ1n) is 2.85. The number of hydrogen-bond acceptors (Lipinski definition) is 2. The second kappa shape index (κ2) is 2.27. The van der Waals surface area contributed by atoms with Gasteiger partial charge in [0.1, 0.15) is 6.29 Å². The number of methoxy groups -OCH3 is 1. The Hall–Kier alpha value is -0.370. The molecule has 0 aromatic rings. The quantitative estimate of drug-likeness (QED) is 0.492. The lowest BCUT2D eigenvalue weighted by Gasteiger charge is -2.29. The third kappa shape index (κ3) is 0.892. The van der Waals surface area contributed by atoms with Crippen LogP contribution in [-0.2, 0) is 9.53 Å². The van der Waals surface area contributed by atoms with Gasteiger partial charge in [0.05, 0.1) is 6.10 Å². The Bertz CT molecular complexity index is 84.5. The van der Waals surface area contributed by atoms with Crippen molar-refractivity contribution in [2.24, 2.45) is 5.92 Å². The Kier molecular flexibility index (Phi) is 1.63. The van der Waals surface area contributed by atoms with E-state index in [2.05, 4.69) is 0 Å². The van der Waals surface area contributed by atoms with E-state index in [9.17, 15) is 4.79 Å². The van der Waals surface area contributed by atoms with Gasteiger partial charge in [-0.2, -0.15) is 0 Å². The average Bonchev–Trinajstić information content (AvgIpc) is 1.65. The summed E-state index contributed by atoms with van der Waals surface area (Å²) in [4.78, 5) is 9.99. The van der Waals surface area contributed by atoms with Crippen LogP contribution in [0.3, 0.4) is 0 Å². The molecule has 2 nitrogen and oxygen atoms in total. The maximum Gasteiger partial charge on any atom is 0.123 e. The molecule has 1 fully saturated rings. The third-order valence-electron chi connectivity index (χ3n) is 1.66. The topological polar surface area (TPSA) is 26.3 Å². The van der Waals surface area contributed by atoms with Crippen LogP contribution in [0.5, 0.6) is 0 Å². The maximum atomic E-state index is 9.99. The molecule has 0 aromatic heterocycles. The summed E-state index contributed by atoms with van der Waals surface area (Å²) >= 11 is 0. The molecular weight excluding hydrogens is 104 g/mol. The van der Waals surface area contributed by atoms with Crippen LogP contribution in [0, 0.1) is 5.92 Å².